The summed E-state index contributed by atoms with van der Waals surface area (Å²) in [7, 11) is 0. The molecule has 2 N–H and O–H groups in total. The maximum absolute atomic E-state index is 11.9. The van der Waals surface area contributed by atoms with Crippen molar-refractivity contribution in [2.75, 3.05) is 0 Å². The minimum absolute atomic E-state index is 0.0421. The van der Waals surface area contributed by atoms with E-state index < -0.39 is 0 Å². The summed E-state index contributed by atoms with van der Waals surface area (Å²) in [6.07, 6.45) is 6.26. The Labute approximate surface area is 93.2 Å². The van der Waals surface area contributed by atoms with E-state index in [4.69, 9.17) is 5.73 Å². The van der Waals surface area contributed by atoms with Crippen LogP contribution in [0.2, 0.25) is 0 Å². The Balaban J connectivity index is 1.95. The second kappa shape index (κ2) is 4.81. The van der Waals surface area contributed by atoms with Crippen LogP contribution in [-0.4, -0.2) is 20.6 Å². The molecule has 1 fully saturated rings. The zero-order chi connectivity index (χ0) is 10.7. The Hall–Kier alpha value is -0.810. The molecule has 0 amide bonds. The highest BCUT2D eigenvalue weighted by Gasteiger charge is 2.28. The zero-order valence-corrected chi connectivity index (χ0v) is 9.37. The Morgan fingerprint density at radius 1 is 1.53 bits per heavy atom. The quantitative estimate of drug-likeness (QED) is 0.838. The number of nitrogens with two attached hydrogens (primary N) is 1. The third-order valence-electron chi connectivity index (χ3n) is 3.00. The smallest absolute Gasteiger partial charge is 0.143 e. The van der Waals surface area contributed by atoms with Gasteiger partial charge in [0.05, 0.1) is 30.0 Å². The molecule has 1 aliphatic carbocycles. The van der Waals surface area contributed by atoms with Crippen molar-refractivity contribution in [3.8, 4) is 0 Å². The van der Waals surface area contributed by atoms with Crippen LogP contribution in [0.15, 0.2) is 6.20 Å². The summed E-state index contributed by atoms with van der Waals surface area (Å²) in [5, 5.41) is 0. The molecule has 4 nitrogen and oxygen atoms in total. The summed E-state index contributed by atoms with van der Waals surface area (Å²) in [4.78, 5) is 11.9. The van der Waals surface area contributed by atoms with Gasteiger partial charge >= 0.3 is 0 Å². The first-order chi connectivity index (χ1) is 7.27. The lowest BCUT2D eigenvalue weighted by molar-refractivity contribution is -0.123. The lowest BCUT2D eigenvalue weighted by Gasteiger charge is -2.26. The Morgan fingerprint density at radius 3 is 3.00 bits per heavy atom. The second-order valence-electron chi connectivity index (χ2n) is 4.10. The number of carbonyl (C=O) groups excluding carboxylic acids is 1. The molecular formula is C10H15N3OS. The van der Waals surface area contributed by atoms with Crippen LogP contribution in [0.25, 0.3) is 0 Å². The second-order valence-corrected chi connectivity index (χ2v) is 4.65. The largest absolute Gasteiger partial charge is 0.327 e. The fourth-order valence-electron chi connectivity index (χ4n) is 2.13. The van der Waals surface area contributed by atoms with Crippen LogP contribution >= 0.6 is 11.7 Å². The van der Waals surface area contributed by atoms with Crippen LogP contribution in [0.1, 0.15) is 31.4 Å². The summed E-state index contributed by atoms with van der Waals surface area (Å²) in [5.74, 6) is 0.273. The van der Waals surface area contributed by atoms with Crippen molar-refractivity contribution < 1.29 is 4.79 Å². The molecule has 0 spiro atoms. The van der Waals surface area contributed by atoms with Gasteiger partial charge in [-0.15, -0.1) is 0 Å². The number of aromatic nitrogens is 2. The minimum Gasteiger partial charge on any atom is -0.327 e. The number of hydrogen-bond donors (Lipinski definition) is 1. The molecule has 0 aliphatic heterocycles. The molecule has 2 rings (SSSR count). The van der Waals surface area contributed by atoms with Crippen LogP contribution in [0, 0.1) is 5.92 Å². The van der Waals surface area contributed by atoms with E-state index in [-0.39, 0.29) is 17.7 Å². The van der Waals surface area contributed by atoms with Gasteiger partial charge in [0.1, 0.15) is 5.78 Å². The van der Waals surface area contributed by atoms with E-state index in [1.807, 2.05) is 0 Å². The third-order valence-corrected chi connectivity index (χ3v) is 3.51. The van der Waals surface area contributed by atoms with Gasteiger partial charge in [-0.3, -0.25) is 4.79 Å². The summed E-state index contributed by atoms with van der Waals surface area (Å²) in [6.45, 7) is 0. The van der Waals surface area contributed by atoms with Gasteiger partial charge in [-0.2, -0.15) is 8.75 Å². The first-order valence-electron chi connectivity index (χ1n) is 5.32. The molecule has 2 unspecified atom stereocenters. The van der Waals surface area contributed by atoms with Crippen molar-refractivity contribution in [2.24, 2.45) is 11.7 Å². The van der Waals surface area contributed by atoms with Crippen molar-refractivity contribution in [3.05, 3.63) is 11.9 Å². The van der Waals surface area contributed by atoms with Gasteiger partial charge in [0, 0.05) is 12.0 Å². The van der Waals surface area contributed by atoms with E-state index in [9.17, 15) is 4.79 Å². The van der Waals surface area contributed by atoms with E-state index in [1.54, 1.807) is 6.20 Å². The average Bonchev–Trinajstić information content (AvgIpc) is 2.71. The summed E-state index contributed by atoms with van der Waals surface area (Å²) < 4.78 is 7.93. The molecule has 2 atom stereocenters. The molecule has 0 aromatic carbocycles. The molecule has 1 aromatic heterocycles. The number of carbonyl (C=O) groups is 1. The third kappa shape index (κ3) is 2.60. The molecule has 15 heavy (non-hydrogen) atoms. The van der Waals surface area contributed by atoms with Crippen LogP contribution in [-0.2, 0) is 11.2 Å². The van der Waals surface area contributed by atoms with Gasteiger partial charge in [-0.1, -0.05) is 12.8 Å². The summed E-state index contributed by atoms with van der Waals surface area (Å²) >= 11 is 1.15. The van der Waals surface area contributed by atoms with Gasteiger partial charge in [0.2, 0.25) is 0 Å². The first kappa shape index (κ1) is 10.7. The Bertz CT molecular complexity index is 325. The monoisotopic (exact) mass is 225 g/mol. The average molecular weight is 225 g/mol. The SMILES string of the molecule is NC1CCCCC1C(=O)Cc1cnsn1. The van der Waals surface area contributed by atoms with Crippen molar-refractivity contribution in [1.82, 2.24) is 8.75 Å². The molecule has 5 heteroatoms. The van der Waals surface area contributed by atoms with E-state index in [0.717, 1.165) is 43.1 Å². The highest BCUT2D eigenvalue weighted by Crippen LogP contribution is 2.24. The van der Waals surface area contributed by atoms with Crippen LogP contribution in [0.3, 0.4) is 0 Å². The van der Waals surface area contributed by atoms with Crippen molar-refractivity contribution in [2.45, 2.75) is 38.1 Å². The first-order valence-corrected chi connectivity index (χ1v) is 6.05. The lowest BCUT2D eigenvalue weighted by atomic mass is 9.81. The Morgan fingerprint density at radius 2 is 2.33 bits per heavy atom. The lowest BCUT2D eigenvalue weighted by Crippen LogP contribution is -2.38. The highest BCUT2D eigenvalue weighted by molar-refractivity contribution is 6.99. The normalized spacial score (nSPS) is 26.5. The van der Waals surface area contributed by atoms with E-state index in [0.29, 0.717) is 6.42 Å². The molecule has 1 saturated carbocycles. The van der Waals surface area contributed by atoms with Crippen molar-refractivity contribution >= 4 is 17.5 Å². The van der Waals surface area contributed by atoms with Gasteiger partial charge in [0.15, 0.2) is 0 Å². The summed E-state index contributed by atoms with van der Waals surface area (Å²) in [5.41, 5.74) is 6.73. The number of rotatable bonds is 3. The number of Topliss-reactive ketones (excluding diaryl/α,β-unsaturated/α-hetero) is 1. The predicted octanol–water partition coefficient (Wildman–Crippen LogP) is 1.17. The van der Waals surface area contributed by atoms with E-state index in [2.05, 4.69) is 8.75 Å². The van der Waals surface area contributed by atoms with Gasteiger partial charge in [0.25, 0.3) is 0 Å². The van der Waals surface area contributed by atoms with Crippen LogP contribution < -0.4 is 5.73 Å². The summed E-state index contributed by atoms with van der Waals surface area (Å²) in [6, 6.07) is 0.0536. The highest BCUT2D eigenvalue weighted by atomic mass is 32.1. The zero-order valence-electron chi connectivity index (χ0n) is 8.56. The predicted molar refractivity (Wildman–Crippen MR) is 58.6 cm³/mol. The van der Waals surface area contributed by atoms with Crippen molar-refractivity contribution in [1.29, 1.82) is 0 Å². The van der Waals surface area contributed by atoms with Gasteiger partial charge < -0.3 is 5.73 Å². The molecule has 0 bridgehead atoms. The minimum atomic E-state index is 0.0421. The fraction of sp³-hybridized carbons (Fsp3) is 0.700. The molecule has 0 radical (unpaired) electrons. The van der Waals surface area contributed by atoms with Gasteiger partial charge in [-0.25, -0.2) is 0 Å². The molecule has 0 saturated heterocycles. The van der Waals surface area contributed by atoms with E-state index in [1.165, 1.54) is 0 Å². The maximum Gasteiger partial charge on any atom is 0.143 e. The van der Waals surface area contributed by atoms with Crippen molar-refractivity contribution in [3.63, 3.8) is 0 Å². The maximum atomic E-state index is 11.9. The molecule has 1 heterocycles. The van der Waals surface area contributed by atoms with Crippen LogP contribution in [0.4, 0.5) is 0 Å². The van der Waals surface area contributed by atoms with E-state index >= 15 is 0 Å². The molecule has 1 aromatic rings. The standard InChI is InChI=1S/C10H15N3OS/c11-9-4-2-1-3-8(9)10(14)5-7-6-12-15-13-7/h6,8-9H,1-5,11H2. The van der Waals surface area contributed by atoms with Crippen LogP contribution in [0.5, 0.6) is 0 Å². The number of nitrogens with zero attached hydrogens (tertiary/aromatic N) is 2. The fourth-order valence-corrected chi connectivity index (χ4v) is 2.56. The van der Waals surface area contributed by atoms with Gasteiger partial charge in [-0.05, 0) is 12.8 Å². The molecule has 1 aliphatic rings. The number of hydrogen-bond acceptors (Lipinski definition) is 5. The Kier molecular flexibility index (Phi) is 3.43. The number of ketones is 1. The molecule has 82 valence electrons. The topological polar surface area (TPSA) is 68.9 Å². The molecular weight excluding hydrogens is 210 g/mol.